The minimum absolute atomic E-state index is 0.243. The van der Waals surface area contributed by atoms with Crippen LogP contribution in [-0.2, 0) is 4.79 Å². The Morgan fingerprint density at radius 1 is 1.18 bits per heavy atom. The molecule has 2 unspecified atom stereocenters. The van der Waals surface area contributed by atoms with Crippen molar-refractivity contribution in [1.82, 2.24) is 9.80 Å². The van der Waals surface area contributed by atoms with Gasteiger partial charge in [-0.05, 0) is 32.7 Å². The van der Waals surface area contributed by atoms with Gasteiger partial charge in [0.05, 0.1) is 6.54 Å². The first-order valence-corrected chi connectivity index (χ1v) is 6.81. The molecule has 0 aromatic rings. The fourth-order valence-electron chi connectivity index (χ4n) is 2.79. The maximum absolute atomic E-state index is 12.0. The zero-order valence-electron chi connectivity index (χ0n) is 11.1. The van der Waals surface area contributed by atoms with E-state index < -0.39 is 0 Å². The van der Waals surface area contributed by atoms with Crippen molar-refractivity contribution in [2.45, 2.75) is 56.7 Å². The van der Waals surface area contributed by atoms with Crippen molar-refractivity contribution >= 4 is 5.91 Å². The quantitative estimate of drug-likeness (QED) is 0.790. The highest BCUT2D eigenvalue weighted by atomic mass is 16.2. The number of nitrogens with zero attached hydrogens (tertiary/aromatic N) is 2. The maximum Gasteiger partial charge on any atom is 0.236 e. The van der Waals surface area contributed by atoms with Crippen LogP contribution in [0.2, 0.25) is 0 Å². The van der Waals surface area contributed by atoms with E-state index in [0.29, 0.717) is 18.6 Å². The number of hydrogen-bond acceptors (Lipinski definition) is 3. The Morgan fingerprint density at radius 3 is 2.41 bits per heavy atom. The third-order valence-electron chi connectivity index (χ3n) is 4.22. The van der Waals surface area contributed by atoms with E-state index in [1.165, 1.54) is 25.7 Å². The predicted molar refractivity (Wildman–Crippen MR) is 68.7 cm³/mol. The van der Waals surface area contributed by atoms with Crippen LogP contribution in [0.5, 0.6) is 0 Å². The van der Waals surface area contributed by atoms with Gasteiger partial charge in [-0.25, -0.2) is 0 Å². The molecule has 0 spiro atoms. The van der Waals surface area contributed by atoms with Crippen LogP contribution in [0.3, 0.4) is 0 Å². The lowest BCUT2D eigenvalue weighted by atomic mass is 9.90. The van der Waals surface area contributed by atoms with Gasteiger partial charge in [-0.2, -0.15) is 0 Å². The Morgan fingerprint density at radius 2 is 1.82 bits per heavy atom. The van der Waals surface area contributed by atoms with Gasteiger partial charge in [0.15, 0.2) is 0 Å². The second-order valence-corrected chi connectivity index (χ2v) is 5.67. The molecule has 0 heterocycles. The molecule has 1 amide bonds. The Kier molecular flexibility index (Phi) is 4.05. The largest absolute Gasteiger partial charge is 0.342 e. The summed E-state index contributed by atoms with van der Waals surface area (Å²) in [5, 5.41) is 0. The monoisotopic (exact) mass is 239 g/mol. The van der Waals surface area contributed by atoms with Gasteiger partial charge in [0.1, 0.15) is 0 Å². The Balaban J connectivity index is 1.82. The smallest absolute Gasteiger partial charge is 0.236 e. The number of likely N-dealkylation sites (N-methyl/N-ethyl adjacent to an activating group) is 2. The lowest BCUT2D eigenvalue weighted by Gasteiger charge is -2.36. The van der Waals surface area contributed by atoms with Crippen molar-refractivity contribution in [3.63, 3.8) is 0 Å². The normalized spacial score (nSPS) is 29.4. The highest BCUT2D eigenvalue weighted by Crippen LogP contribution is 2.26. The molecule has 2 aliphatic rings. The van der Waals surface area contributed by atoms with Gasteiger partial charge in [-0.1, -0.05) is 12.8 Å². The van der Waals surface area contributed by atoms with Crippen molar-refractivity contribution in [2.24, 2.45) is 5.73 Å². The third kappa shape index (κ3) is 3.19. The van der Waals surface area contributed by atoms with Gasteiger partial charge in [0.25, 0.3) is 0 Å². The molecule has 0 aliphatic heterocycles. The molecule has 0 bridgehead atoms. The van der Waals surface area contributed by atoms with E-state index >= 15 is 0 Å². The van der Waals surface area contributed by atoms with E-state index in [4.69, 9.17) is 5.73 Å². The molecule has 4 heteroatoms. The van der Waals surface area contributed by atoms with Crippen LogP contribution in [0, 0.1) is 0 Å². The van der Waals surface area contributed by atoms with Crippen molar-refractivity contribution in [3.05, 3.63) is 0 Å². The van der Waals surface area contributed by atoms with Crippen LogP contribution in [0.4, 0.5) is 0 Å². The van der Waals surface area contributed by atoms with E-state index in [1.54, 1.807) is 0 Å². The summed E-state index contributed by atoms with van der Waals surface area (Å²) in [5.41, 5.74) is 6.14. The molecule has 2 fully saturated rings. The standard InChI is InChI=1S/C13H25N3O/c1-15(12-6-4-3-5-11(12)14)9-13(17)16(2)10-7-8-10/h10-12H,3-9,14H2,1-2H3. The number of rotatable bonds is 4. The van der Waals surface area contributed by atoms with Crippen molar-refractivity contribution in [2.75, 3.05) is 20.6 Å². The van der Waals surface area contributed by atoms with E-state index in [2.05, 4.69) is 4.90 Å². The van der Waals surface area contributed by atoms with Crippen molar-refractivity contribution in [3.8, 4) is 0 Å². The van der Waals surface area contributed by atoms with E-state index in [9.17, 15) is 4.79 Å². The molecule has 0 aromatic carbocycles. The molecule has 17 heavy (non-hydrogen) atoms. The molecule has 0 radical (unpaired) electrons. The predicted octanol–water partition coefficient (Wildman–Crippen LogP) is 0.809. The zero-order valence-corrected chi connectivity index (χ0v) is 11.1. The zero-order chi connectivity index (χ0) is 12.4. The maximum atomic E-state index is 12.0. The molecule has 2 rings (SSSR count). The molecule has 98 valence electrons. The number of carbonyl (C=O) groups is 1. The van der Waals surface area contributed by atoms with Gasteiger partial charge in [-0.15, -0.1) is 0 Å². The lowest BCUT2D eigenvalue weighted by molar-refractivity contribution is -0.132. The van der Waals surface area contributed by atoms with Gasteiger partial charge >= 0.3 is 0 Å². The molecule has 0 saturated heterocycles. The van der Waals surface area contributed by atoms with Crippen LogP contribution in [-0.4, -0.2) is 54.5 Å². The van der Waals surface area contributed by atoms with Gasteiger partial charge in [0, 0.05) is 25.2 Å². The van der Waals surface area contributed by atoms with Crippen LogP contribution >= 0.6 is 0 Å². The minimum atomic E-state index is 0.243. The fraction of sp³-hybridized carbons (Fsp3) is 0.923. The first-order chi connectivity index (χ1) is 8.09. The van der Waals surface area contributed by atoms with Crippen LogP contribution in [0.1, 0.15) is 38.5 Å². The van der Waals surface area contributed by atoms with Crippen LogP contribution < -0.4 is 5.73 Å². The SMILES string of the molecule is CN(CC(=O)N(C)C1CC1)C1CCCCC1N. The second kappa shape index (κ2) is 5.36. The molecule has 0 aromatic heterocycles. The summed E-state index contributed by atoms with van der Waals surface area (Å²) in [5.74, 6) is 0.243. The summed E-state index contributed by atoms with van der Waals surface area (Å²) in [4.78, 5) is 16.1. The molecule has 2 atom stereocenters. The van der Waals surface area contributed by atoms with Gasteiger partial charge < -0.3 is 10.6 Å². The number of amides is 1. The summed E-state index contributed by atoms with van der Waals surface area (Å²) >= 11 is 0. The molecule has 2 N–H and O–H groups in total. The van der Waals surface area contributed by atoms with Crippen molar-refractivity contribution < 1.29 is 4.79 Å². The molecule has 2 aliphatic carbocycles. The van der Waals surface area contributed by atoms with E-state index in [1.807, 2.05) is 19.0 Å². The second-order valence-electron chi connectivity index (χ2n) is 5.67. The van der Waals surface area contributed by atoms with Gasteiger partial charge in [-0.3, -0.25) is 9.69 Å². The summed E-state index contributed by atoms with van der Waals surface area (Å²) in [6, 6.07) is 1.14. The highest BCUT2D eigenvalue weighted by molar-refractivity contribution is 5.78. The molecular weight excluding hydrogens is 214 g/mol. The number of hydrogen-bond donors (Lipinski definition) is 1. The summed E-state index contributed by atoms with van der Waals surface area (Å²) in [6.07, 6.45) is 7.07. The van der Waals surface area contributed by atoms with Crippen LogP contribution in [0.25, 0.3) is 0 Å². The van der Waals surface area contributed by atoms with E-state index in [-0.39, 0.29) is 11.9 Å². The summed E-state index contributed by atoms with van der Waals surface area (Å²) < 4.78 is 0. The molecule has 2 saturated carbocycles. The molecule has 4 nitrogen and oxygen atoms in total. The topological polar surface area (TPSA) is 49.6 Å². The average molecular weight is 239 g/mol. The Hall–Kier alpha value is -0.610. The first kappa shape index (κ1) is 12.8. The van der Waals surface area contributed by atoms with Crippen LogP contribution in [0.15, 0.2) is 0 Å². The number of nitrogens with two attached hydrogens (primary N) is 1. The Bertz CT molecular complexity index is 278. The lowest BCUT2D eigenvalue weighted by Crippen LogP contribution is -2.51. The minimum Gasteiger partial charge on any atom is -0.342 e. The van der Waals surface area contributed by atoms with Gasteiger partial charge in [0.2, 0.25) is 5.91 Å². The first-order valence-electron chi connectivity index (χ1n) is 6.81. The Labute approximate surface area is 104 Å². The fourth-order valence-corrected chi connectivity index (χ4v) is 2.79. The summed E-state index contributed by atoms with van der Waals surface area (Å²) in [7, 11) is 3.96. The molecular formula is C13H25N3O. The third-order valence-corrected chi connectivity index (χ3v) is 4.22. The van der Waals surface area contributed by atoms with E-state index in [0.717, 1.165) is 12.8 Å². The summed E-state index contributed by atoms with van der Waals surface area (Å²) in [6.45, 7) is 0.519. The highest BCUT2D eigenvalue weighted by Gasteiger charge is 2.32. The van der Waals surface area contributed by atoms with Crippen molar-refractivity contribution in [1.29, 1.82) is 0 Å². The number of carbonyl (C=O) groups excluding carboxylic acids is 1. The average Bonchev–Trinajstić information content (AvgIpc) is 3.12.